The van der Waals surface area contributed by atoms with Crippen molar-refractivity contribution >= 4 is 41.4 Å². The number of aliphatic carboxylic acids is 1. The largest absolute Gasteiger partial charge is 0.481 e. The Morgan fingerprint density at radius 2 is 1.29 bits per heavy atom. The van der Waals surface area contributed by atoms with E-state index < -0.39 is 78.2 Å². The zero-order valence-electron chi connectivity index (χ0n) is 35.6. The fourth-order valence-corrected chi connectivity index (χ4v) is 8.82. The highest BCUT2D eigenvalue weighted by Crippen LogP contribution is 2.31. The molecule has 16 heteroatoms. The summed E-state index contributed by atoms with van der Waals surface area (Å²) >= 11 is 0. The predicted octanol–water partition coefficient (Wildman–Crippen LogP) is 2.34. The topological polar surface area (TPSA) is 241 Å². The number of carbonyl (C=O) groups excluding carboxylic acids is 6. The number of rotatable bonds is 22. The van der Waals surface area contributed by atoms with Gasteiger partial charge in [0.25, 0.3) is 0 Å². The van der Waals surface area contributed by atoms with E-state index in [9.17, 15) is 43.8 Å². The summed E-state index contributed by atoms with van der Waals surface area (Å²) in [5.74, 6) is -3.71. The first-order valence-corrected chi connectivity index (χ1v) is 22.0. The Morgan fingerprint density at radius 3 is 1.88 bits per heavy atom. The summed E-state index contributed by atoms with van der Waals surface area (Å²) in [6, 6.07) is -5.95. The minimum atomic E-state index is -1.55. The van der Waals surface area contributed by atoms with Gasteiger partial charge in [0.2, 0.25) is 35.4 Å². The van der Waals surface area contributed by atoms with Gasteiger partial charge >= 0.3 is 5.97 Å². The Balaban J connectivity index is 1.74. The third kappa shape index (κ3) is 14.8. The molecule has 2 saturated heterocycles. The molecule has 1 aliphatic carbocycles. The lowest BCUT2D eigenvalue weighted by Gasteiger charge is -2.38. The lowest BCUT2D eigenvalue weighted by Crippen LogP contribution is -2.61. The van der Waals surface area contributed by atoms with Crippen molar-refractivity contribution in [1.82, 2.24) is 31.1 Å². The van der Waals surface area contributed by atoms with Gasteiger partial charge in [0.1, 0.15) is 30.2 Å². The number of nitrogens with one attached hydrogen (secondary N) is 4. The van der Waals surface area contributed by atoms with Crippen molar-refractivity contribution in [2.45, 2.75) is 186 Å². The van der Waals surface area contributed by atoms with E-state index in [0.717, 1.165) is 25.7 Å². The maximum absolute atomic E-state index is 14.2. The van der Waals surface area contributed by atoms with E-state index in [-0.39, 0.29) is 43.8 Å². The maximum atomic E-state index is 14.2. The molecule has 0 bridgehead atoms. The van der Waals surface area contributed by atoms with Gasteiger partial charge in [-0.25, -0.2) is 0 Å². The van der Waals surface area contributed by atoms with Crippen LogP contribution in [0.25, 0.3) is 0 Å². The molecule has 3 aliphatic rings. The van der Waals surface area contributed by atoms with Crippen molar-refractivity contribution < 1.29 is 43.8 Å². The molecule has 6 amide bonds. The Bertz CT molecular complexity index is 1390. The molecule has 2 heterocycles. The summed E-state index contributed by atoms with van der Waals surface area (Å²) in [5.41, 5.74) is 5.74. The van der Waals surface area contributed by atoms with Gasteiger partial charge < -0.3 is 47.0 Å². The molecule has 0 spiro atoms. The van der Waals surface area contributed by atoms with Crippen LogP contribution < -0.4 is 27.0 Å². The van der Waals surface area contributed by atoms with Crippen LogP contribution in [0.1, 0.15) is 144 Å². The first-order chi connectivity index (χ1) is 27.6. The molecule has 16 nitrogen and oxygen atoms in total. The number of piperidine rings is 1. The molecule has 8 N–H and O–H groups in total. The predicted molar refractivity (Wildman–Crippen MR) is 219 cm³/mol. The van der Waals surface area contributed by atoms with Crippen LogP contribution in [0, 0.1) is 17.8 Å². The van der Waals surface area contributed by atoms with Gasteiger partial charge in [0.15, 0.2) is 0 Å². The number of nitrogens with zero attached hydrogens (tertiary/aromatic N) is 2. The number of hydrogen-bond acceptors (Lipinski definition) is 9. The quantitative estimate of drug-likeness (QED) is 0.0787. The molecule has 0 aromatic heterocycles. The van der Waals surface area contributed by atoms with Crippen molar-refractivity contribution in [3.63, 3.8) is 0 Å². The Morgan fingerprint density at radius 1 is 0.707 bits per heavy atom. The van der Waals surface area contributed by atoms with E-state index >= 15 is 0 Å². The van der Waals surface area contributed by atoms with Gasteiger partial charge in [-0.05, 0) is 95.4 Å². The summed E-state index contributed by atoms with van der Waals surface area (Å²) in [6.07, 6.45) is 9.13. The van der Waals surface area contributed by atoms with Gasteiger partial charge in [-0.2, -0.15) is 0 Å². The first kappa shape index (κ1) is 48.6. The van der Waals surface area contributed by atoms with E-state index in [1.165, 1.54) is 23.1 Å². The van der Waals surface area contributed by atoms with Crippen molar-refractivity contribution in [3.8, 4) is 0 Å². The summed E-state index contributed by atoms with van der Waals surface area (Å²) in [5, 5.41) is 31.4. The van der Waals surface area contributed by atoms with Crippen LogP contribution >= 0.6 is 0 Å². The number of hydrogen-bond donors (Lipinski definition) is 7. The Hall–Kier alpha value is -3.79. The average Bonchev–Trinajstić information content (AvgIpc) is 3.68. The zero-order valence-corrected chi connectivity index (χ0v) is 35.6. The molecule has 3 rings (SSSR count). The smallest absolute Gasteiger partial charge is 0.305 e. The normalized spacial score (nSPS) is 21.9. The molecule has 1 unspecified atom stereocenters. The number of nitrogens with two attached hydrogens (primary N) is 1. The fourth-order valence-electron chi connectivity index (χ4n) is 8.82. The highest BCUT2D eigenvalue weighted by Gasteiger charge is 2.42. The van der Waals surface area contributed by atoms with Crippen molar-refractivity contribution in [2.24, 2.45) is 23.5 Å². The molecule has 0 aromatic carbocycles. The van der Waals surface area contributed by atoms with Crippen molar-refractivity contribution in [3.05, 3.63) is 0 Å². The average molecular weight is 820 g/mol. The monoisotopic (exact) mass is 820 g/mol. The zero-order chi connectivity index (χ0) is 42.9. The van der Waals surface area contributed by atoms with E-state index in [4.69, 9.17) is 5.73 Å². The molecule has 0 radical (unpaired) electrons. The van der Waals surface area contributed by atoms with Crippen LogP contribution in [0.4, 0.5) is 0 Å². The van der Waals surface area contributed by atoms with Crippen LogP contribution in [0.3, 0.4) is 0 Å². The second kappa shape index (κ2) is 24.3. The van der Waals surface area contributed by atoms with Crippen LogP contribution in [0.2, 0.25) is 0 Å². The lowest BCUT2D eigenvalue weighted by atomic mass is 9.79. The van der Waals surface area contributed by atoms with Crippen LogP contribution in [-0.2, 0) is 33.6 Å². The summed E-state index contributed by atoms with van der Waals surface area (Å²) < 4.78 is 0. The molecular weight excluding hydrogens is 747 g/mol. The third-order valence-corrected chi connectivity index (χ3v) is 12.1. The first-order valence-electron chi connectivity index (χ1n) is 22.0. The second-order valence-corrected chi connectivity index (χ2v) is 17.3. The fraction of sp³-hybridized carbons (Fsp3) is 0.833. The number of carboxylic acids is 1. The number of aliphatic hydroxyl groups is 1. The Kier molecular flexibility index (Phi) is 20.4. The van der Waals surface area contributed by atoms with Crippen LogP contribution in [0.15, 0.2) is 0 Å². The molecule has 2 aliphatic heterocycles. The van der Waals surface area contributed by atoms with Gasteiger partial charge in [-0.3, -0.25) is 33.6 Å². The SMILES string of the molecule is CC[C@H](CC(C)C)NC(=O)[C@@H](NC(=O)[C@@H]1CCCN1C(=O)[C@H](CC(=O)O)NC(=O)[C@@H]1CCCCN1C(=O)[C@H](CCCCN)NC(=O)C[C@H](C)C1CCCCC1)C(C)O. The van der Waals surface area contributed by atoms with E-state index in [0.29, 0.717) is 76.2 Å². The summed E-state index contributed by atoms with van der Waals surface area (Å²) in [6.45, 7) is 10.2. The van der Waals surface area contributed by atoms with Gasteiger partial charge in [0, 0.05) is 25.6 Å². The lowest BCUT2D eigenvalue weighted by molar-refractivity contribution is -0.149. The number of likely N-dealkylation sites (tertiary alicyclic amines) is 2. The molecule has 330 valence electrons. The summed E-state index contributed by atoms with van der Waals surface area (Å²) in [4.78, 5) is 97.2. The second-order valence-electron chi connectivity index (χ2n) is 17.3. The minimum Gasteiger partial charge on any atom is -0.481 e. The maximum Gasteiger partial charge on any atom is 0.305 e. The van der Waals surface area contributed by atoms with Crippen molar-refractivity contribution in [2.75, 3.05) is 19.6 Å². The van der Waals surface area contributed by atoms with E-state index in [1.54, 1.807) is 0 Å². The van der Waals surface area contributed by atoms with Crippen LogP contribution in [0.5, 0.6) is 0 Å². The molecular formula is C42H73N7O9. The number of carboxylic acid groups (broad SMARTS) is 1. The number of amides is 6. The Labute approximate surface area is 344 Å². The summed E-state index contributed by atoms with van der Waals surface area (Å²) in [7, 11) is 0. The number of aliphatic hydroxyl groups excluding tert-OH is 1. The molecule has 1 saturated carbocycles. The van der Waals surface area contributed by atoms with Crippen molar-refractivity contribution in [1.29, 1.82) is 0 Å². The number of carbonyl (C=O) groups is 7. The highest BCUT2D eigenvalue weighted by molar-refractivity contribution is 5.98. The van der Waals surface area contributed by atoms with Crippen LogP contribution in [-0.4, -0.2) is 123 Å². The van der Waals surface area contributed by atoms with Gasteiger partial charge in [-0.15, -0.1) is 0 Å². The number of unbranched alkanes of at least 4 members (excludes halogenated alkanes) is 1. The highest BCUT2D eigenvalue weighted by atomic mass is 16.4. The van der Waals surface area contributed by atoms with Gasteiger partial charge in [-0.1, -0.05) is 59.8 Å². The minimum absolute atomic E-state index is 0.109. The molecule has 3 fully saturated rings. The van der Waals surface area contributed by atoms with Gasteiger partial charge in [0.05, 0.1) is 12.5 Å². The standard InChI is InChI=1S/C42H73N7O9/c1-6-30(23-26(2)3)44-40(56)37(28(5)50)47-39(55)34-19-14-22-49(34)42(58)32(25-36(52)53)46-38(54)33-18-11-13-21-48(33)41(57)31(17-10-12-20-43)45-35(51)24-27(4)29-15-8-7-9-16-29/h26-34,37,50H,6-25,43H2,1-5H3,(H,44,56)(H,45,51)(H,46,54)(H,47,55)(H,52,53)/t27-,28?,30+,31-,32-,33-,34-,37-/m0/s1. The van der Waals surface area contributed by atoms with E-state index in [2.05, 4.69) is 28.2 Å². The molecule has 0 aromatic rings. The van der Waals surface area contributed by atoms with E-state index in [1.807, 2.05) is 20.8 Å². The molecule has 8 atom stereocenters. The third-order valence-electron chi connectivity index (χ3n) is 12.1. The molecule has 58 heavy (non-hydrogen) atoms.